The first-order valence-electron chi connectivity index (χ1n) is 15.4. The molecule has 222 valence electrons. The van der Waals surface area contributed by atoms with Crippen molar-refractivity contribution in [3.05, 3.63) is 143 Å². The third-order valence-electron chi connectivity index (χ3n) is 8.20. The van der Waals surface area contributed by atoms with E-state index in [1.807, 2.05) is 36.4 Å². The fourth-order valence-electron chi connectivity index (χ4n) is 6.06. The molecule has 0 saturated carbocycles. The summed E-state index contributed by atoms with van der Waals surface area (Å²) in [6, 6.07) is 39.9. The van der Waals surface area contributed by atoms with Gasteiger partial charge >= 0.3 is 6.16 Å². The highest BCUT2D eigenvalue weighted by Crippen LogP contribution is 2.33. The number of hydrogen-bond acceptors (Lipinski definition) is 3. The maximum Gasteiger partial charge on any atom is 0.512 e. The van der Waals surface area contributed by atoms with Gasteiger partial charge in [-0.15, -0.1) is 0 Å². The number of carboxylic acid groups (broad SMARTS) is 1. The Balaban J connectivity index is 1.12. The standard InChI is InChI=1S/C39H37NO4/c41-39(42)44-38-35(22-10-26-43-36-23-9-18-31-17-4-5-20-33(31)36)34-21-8-19-32(37(34)40-38)25-24-30-16-7-15-29(27-30)14-6-13-28-11-2-1-3-12-28/h1-5,7-9,11-12,15-21,23,27,40H,6,10,13-14,22,24-26H2,(H,41,42). The van der Waals surface area contributed by atoms with Crippen LogP contribution in [0.15, 0.2) is 115 Å². The molecule has 0 aliphatic heterocycles. The largest absolute Gasteiger partial charge is 0.512 e. The van der Waals surface area contributed by atoms with Gasteiger partial charge in [-0.2, -0.15) is 0 Å². The van der Waals surface area contributed by atoms with Gasteiger partial charge in [0.25, 0.3) is 0 Å². The molecule has 0 aliphatic rings. The first-order chi connectivity index (χ1) is 21.6. The van der Waals surface area contributed by atoms with E-state index in [1.165, 1.54) is 16.7 Å². The third-order valence-corrected chi connectivity index (χ3v) is 8.20. The van der Waals surface area contributed by atoms with Gasteiger partial charge < -0.3 is 19.6 Å². The summed E-state index contributed by atoms with van der Waals surface area (Å²) in [6.07, 6.45) is 5.01. The molecule has 6 rings (SSSR count). The van der Waals surface area contributed by atoms with E-state index in [0.29, 0.717) is 25.3 Å². The van der Waals surface area contributed by atoms with Crippen LogP contribution in [-0.2, 0) is 32.1 Å². The molecular weight excluding hydrogens is 546 g/mol. The number of hydrogen-bond donors (Lipinski definition) is 2. The Hall–Kier alpha value is -5.03. The molecular formula is C39H37NO4. The van der Waals surface area contributed by atoms with Gasteiger partial charge in [-0.3, -0.25) is 0 Å². The van der Waals surface area contributed by atoms with Gasteiger partial charge in [0.15, 0.2) is 0 Å². The van der Waals surface area contributed by atoms with Crippen LogP contribution in [0.3, 0.4) is 0 Å². The molecule has 6 aromatic rings. The lowest BCUT2D eigenvalue weighted by Crippen LogP contribution is -2.06. The molecule has 0 fully saturated rings. The quantitative estimate of drug-likeness (QED) is 0.105. The van der Waals surface area contributed by atoms with E-state index in [4.69, 9.17) is 9.47 Å². The minimum Gasteiger partial charge on any atom is -0.493 e. The average Bonchev–Trinajstić information content (AvgIpc) is 3.39. The maximum absolute atomic E-state index is 11.6. The van der Waals surface area contributed by atoms with Gasteiger partial charge in [0, 0.05) is 16.3 Å². The Morgan fingerprint density at radius 3 is 2.18 bits per heavy atom. The summed E-state index contributed by atoms with van der Waals surface area (Å²) in [4.78, 5) is 14.8. The monoisotopic (exact) mass is 583 g/mol. The van der Waals surface area contributed by atoms with E-state index in [-0.39, 0.29) is 0 Å². The number of para-hydroxylation sites is 1. The number of H-pyrrole nitrogens is 1. The lowest BCUT2D eigenvalue weighted by molar-refractivity contribution is 0.142. The van der Waals surface area contributed by atoms with Gasteiger partial charge in [-0.1, -0.05) is 109 Å². The normalized spacial score (nSPS) is 11.2. The van der Waals surface area contributed by atoms with E-state index in [1.54, 1.807) is 0 Å². The van der Waals surface area contributed by atoms with E-state index in [9.17, 15) is 9.90 Å². The average molecular weight is 584 g/mol. The summed E-state index contributed by atoms with van der Waals surface area (Å²) < 4.78 is 11.4. The molecule has 5 aromatic carbocycles. The van der Waals surface area contributed by atoms with Gasteiger partial charge in [-0.25, -0.2) is 4.79 Å². The molecule has 1 heterocycles. The van der Waals surface area contributed by atoms with Crippen molar-refractivity contribution in [1.29, 1.82) is 0 Å². The zero-order valence-corrected chi connectivity index (χ0v) is 24.8. The van der Waals surface area contributed by atoms with Crippen molar-refractivity contribution in [1.82, 2.24) is 4.98 Å². The molecule has 2 N–H and O–H groups in total. The summed E-state index contributed by atoms with van der Waals surface area (Å²) in [5.41, 5.74) is 7.00. The van der Waals surface area contributed by atoms with Crippen LogP contribution in [0.25, 0.3) is 21.7 Å². The number of aromatic nitrogens is 1. The van der Waals surface area contributed by atoms with Crippen LogP contribution in [-0.4, -0.2) is 22.9 Å². The molecule has 0 amide bonds. The summed E-state index contributed by atoms with van der Waals surface area (Å²) in [7, 11) is 0. The minimum absolute atomic E-state index is 0.297. The first kappa shape index (κ1) is 29.1. The Morgan fingerprint density at radius 1 is 0.636 bits per heavy atom. The van der Waals surface area contributed by atoms with Crippen molar-refractivity contribution in [3.8, 4) is 11.6 Å². The lowest BCUT2D eigenvalue weighted by atomic mass is 9.98. The van der Waals surface area contributed by atoms with Crippen molar-refractivity contribution >= 4 is 27.8 Å². The number of ether oxygens (including phenoxy) is 2. The second-order valence-electron chi connectivity index (χ2n) is 11.2. The molecule has 5 nitrogen and oxygen atoms in total. The van der Waals surface area contributed by atoms with E-state index in [2.05, 4.69) is 83.8 Å². The van der Waals surface area contributed by atoms with Crippen molar-refractivity contribution in [2.24, 2.45) is 0 Å². The highest BCUT2D eigenvalue weighted by atomic mass is 16.7. The van der Waals surface area contributed by atoms with Crippen LogP contribution < -0.4 is 9.47 Å². The van der Waals surface area contributed by atoms with Crippen molar-refractivity contribution in [2.45, 2.75) is 44.9 Å². The second kappa shape index (κ2) is 14.0. The zero-order chi connectivity index (χ0) is 30.1. The number of carbonyl (C=O) groups is 1. The number of aryl methyl sites for hydroxylation is 5. The van der Waals surface area contributed by atoms with E-state index >= 15 is 0 Å². The molecule has 0 unspecified atom stereocenters. The van der Waals surface area contributed by atoms with Crippen LogP contribution in [0.5, 0.6) is 11.6 Å². The van der Waals surface area contributed by atoms with Crippen LogP contribution in [0.4, 0.5) is 4.79 Å². The number of nitrogens with one attached hydrogen (secondary N) is 1. The Kier molecular flexibility index (Phi) is 9.22. The minimum atomic E-state index is -1.32. The van der Waals surface area contributed by atoms with Crippen LogP contribution in [0, 0.1) is 0 Å². The molecule has 0 saturated heterocycles. The summed E-state index contributed by atoms with van der Waals surface area (Å²) in [6.45, 7) is 0.509. The van der Waals surface area contributed by atoms with Crippen LogP contribution in [0.2, 0.25) is 0 Å². The number of fused-ring (bicyclic) bond motifs is 2. The maximum atomic E-state index is 11.6. The summed E-state index contributed by atoms with van der Waals surface area (Å²) in [5, 5.41) is 12.7. The van der Waals surface area contributed by atoms with Crippen molar-refractivity contribution in [3.63, 3.8) is 0 Å². The smallest absolute Gasteiger partial charge is 0.493 e. The summed E-state index contributed by atoms with van der Waals surface area (Å²) in [5.74, 6) is 1.15. The fraction of sp³-hybridized carbons (Fsp3) is 0.205. The number of benzene rings is 5. The molecule has 0 spiro atoms. The van der Waals surface area contributed by atoms with E-state index < -0.39 is 6.16 Å². The topological polar surface area (TPSA) is 71.5 Å². The van der Waals surface area contributed by atoms with Gasteiger partial charge in [-0.05, 0) is 78.7 Å². The van der Waals surface area contributed by atoms with Crippen LogP contribution in [0.1, 0.15) is 40.7 Å². The molecule has 0 aliphatic carbocycles. The fourth-order valence-corrected chi connectivity index (χ4v) is 6.06. The highest BCUT2D eigenvalue weighted by Gasteiger charge is 2.17. The Bertz CT molecular complexity index is 1850. The zero-order valence-electron chi connectivity index (χ0n) is 24.8. The third kappa shape index (κ3) is 7.12. The highest BCUT2D eigenvalue weighted by molar-refractivity contribution is 5.89. The number of aromatic amines is 1. The summed E-state index contributed by atoms with van der Waals surface area (Å²) >= 11 is 0. The first-order valence-corrected chi connectivity index (χ1v) is 15.4. The molecule has 0 atom stereocenters. The van der Waals surface area contributed by atoms with Gasteiger partial charge in [0.05, 0.1) is 12.1 Å². The molecule has 0 radical (unpaired) electrons. The number of rotatable bonds is 13. The Labute approximate surface area is 258 Å². The van der Waals surface area contributed by atoms with Gasteiger partial charge in [0.1, 0.15) is 5.75 Å². The van der Waals surface area contributed by atoms with E-state index in [0.717, 1.165) is 70.7 Å². The van der Waals surface area contributed by atoms with Gasteiger partial charge in [0.2, 0.25) is 5.88 Å². The predicted molar refractivity (Wildman–Crippen MR) is 177 cm³/mol. The van der Waals surface area contributed by atoms with Crippen molar-refractivity contribution in [2.75, 3.05) is 6.61 Å². The molecule has 1 aromatic heterocycles. The van der Waals surface area contributed by atoms with Crippen molar-refractivity contribution < 1.29 is 19.4 Å². The Morgan fingerprint density at radius 2 is 1.32 bits per heavy atom. The lowest BCUT2D eigenvalue weighted by Gasteiger charge is -2.10. The molecule has 5 heteroatoms. The second-order valence-corrected chi connectivity index (χ2v) is 11.2. The SMILES string of the molecule is O=C(O)Oc1[nH]c2c(CCc3cccc(CCCc4ccccc4)c3)cccc2c1CCCOc1cccc2ccccc12. The predicted octanol–water partition coefficient (Wildman–Crippen LogP) is 9.35. The van der Waals surface area contributed by atoms with Crippen LogP contribution >= 0.6 is 0 Å². The molecule has 0 bridgehead atoms. The molecule has 44 heavy (non-hydrogen) atoms.